The highest BCUT2D eigenvalue weighted by Gasteiger charge is 1.97. The van der Waals surface area contributed by atoms with E-state index in [1.165, 1.54) is 11.1 Å². The molecule has 2 rings (SSSR count). The molecule has 2 nitrogen and oxygen atoms in total. The molecule has 0 fully saturated rings. The first kappa shape index (κ1) is 8.88. The summed E-state index contributed by atoms with van der Waals surface area (Å²) in [5.74, 6) is 0.890. The molecular weight excluding hydrogens is 176 g/mol. The summed E-state index contributed by atoms with van der Waals surface area (Å²) in [6.07, 6.45) is 4.36. The Bertz CT molecular complexity index is 373. The molecule has 0 saturated heterocycles. The Labute approximate surface area is 83.1 Å². The predicted molar refractivity (Wildman–Crippen MR) is 54.5 cm³/mol. The maximum absolute atomic E-state index is 5.09. The second-order valence-corrected chi connectivity index (χ2v) is 3.16. The lowest BCUT2D eigenvalue weighted by Gasteiger charge is -2.01. The number of ether oxygens (including phenoxy) is 1. The molecular formula is C12H12O2. The van der Waals surface area contributed by atoms with Crippen LogP contribution in [0.5, 0.6) is 5.75 Å². The van der Waals surface area contributed by atoms with Crippen LogP contribution in [0, 0.1) is 0 Å². The van der Waals surface area contributed by atoms with E-state index in [0.717, 1.165) is 12.2 Å². The van der Waals surface area contributed by atoms with E-state index in [1.54, 1.807) is 19.6 Å². The van der Waals surface area contributed by atoms with Crippen LogP contribution < -0.4 is 4.74 Å². The predicted octanol–water partition coefficient (Wildman–Crippen LogP) is 2.88. The van der Waals surface area contributed by atoms with Crippen LogP contribution in [0.2, 0.25) is 0 Å². The van der Waals surface area contributed by atoms with Gasteiger partial charge in [-0.1, -0.05) is 12.1 Å². The van der Waals surface area contributed by atoms with E-state index in [1.807, 2.05) is 18.2 Å². The van der Waals surface area contributed by atoms with E-state index >= 15 is 0 Å². The van der Waals surface area contributed by atoms with Crippen LogP contribution in [-0.4, -0.2) is 7.11 Å². The molecule has 0 N–H and O–H groups in total. The van der Waals surface area contributed by atoms with Crippen molar-refractivity contribution in [2.45, 2.75) is 6.42 Å². The van der Waals surface area contributed by atoms with Crippen LogP contribution in [0.4, 0.5) is 0 Å². The topological polar surface area (TPSA) is 22.4 Å². The van der Waals surface area contributed by atoms with Gasteiger partial charge in [-0.05, 0) is 29.3 Å². The van der Waals surface area contributed by atoms with Gasteiger partial charge in [-0.3, -0.25) is 0 Å². The van der Waals surface area contributed by atoms with Crippen molar-refractivity contribution in [2.75, 3.05) is 7.11 Å². The lowest BCUT2D eigenvalue weighted by Crippen LogP contribution is -1.86. The smallest absolute Gasteiger partial charge is 0.118 e. The van der Waals surface area contributed by atoms with Gasteiger partial charge in [-0.2, -0.15) is 0 Å². The monoisotopic (exact) mass is 188 g/mol. The highest BCUT2D eigenvalue weighted by Crippen LogP contribution is 2.14. The van der Waals surface area contributed by atoms with E-state index in [9.17, 15) is 0 Å². The summed E-state index contributed by atoms with van der Waals surface area (Å²) in [5.41, 5.74) is 2.45. The van der Waals surface area contributed by atoms with Crippen LogP contribution in [0.1, 0.15) is 11.1 Å². The van der Waals surface area contributed by atoms with Crippen molar-refractivity contribution >= 4 is 0 Å². The summed E-state index contributed by atoms with van der Waals surface area (Å²) < 4.78 is 10.1. The van der Waals surface area contributed by atoms with Crippen LogP contribution >= 0.6 is 0 Å². The summed E-state index contributed by atoms with van der Waals surface area (Å²) >= 11 is 0. The number of benzene rings is 1. The molecule has 0 atom stereocenters. The van der Waals surface area contributed by atoms with Gasteiger partial charge in [0, 0.05) is 6.42 Å². The van der Waals surface area contributed by atoms with Gasteiger partial charge in [-0.15, -0.1) is 0 Å². The maximum Gasteiger partial charge on any atom is 0.118 e. The van der Waals surface area contributed by atoms with Crippen LogP contribution in [0.3, 0.4) is 0 Å². The number of rotatable bonds is 3. The first-order valence-corrected chi connectivity index (χ1v) is 4.52. The minimum atomic E-state index is 0.890. The maximum atomic E-state index is 5.09. The summed E-state index contributed by atoms with van der Waals surface area (Å²) in [5, 5.41) is 0. The molecule has 14 heavy (non-hydrogen) atoms. The van der Waals surface area contributed by atoms with Crippen LogP contribution in [0.15, 0.2) is 47.3 Å². The average Bonchev–Trinajstić information content (AvgIpc) is 2.72. The Hall–Kier alpha value is -1.70. The molecule has 0 aliphatic heterocycles. The fraction of sp³-hybridized carbons (Fsp3) is 0.167. The summed E-state index contributed by atoms with van der Waals surface area (Å²) in [6.45, 7) is 0. The Morgan fingerprint density at radius 2 is 1.86 bits per heavy atom. The molecule has 1 aromatic heterocycles. The third-order valence-electron chi connectivity index (χ3n) is 2.15. The van der Waals surface area contributed by atoms with Gasteiger partial charge in [-0.25, -0.2) is 0 Å². The highest BCUT2D eigenvalue weighted by molar-refractivity contribution is 5.30. The Balaban J connectivity index is 2.10. The van der Waals surface area contributed by atoms with Gasteiger partial charge in [0.1, 0.15) is 5.75 Å². The van der Waals surface area contributed by atoms with E-state index < -0.39 is 0 Å². The van der Waals surface area contributed by atoms with Crippen molar-refractivity contribution in [3.8, 4) is 5.75 Å². The summed E-state index contributed by atoms with van der Waals surface area (Å²) in [4.78, 5) is 0. The van der Waals surface area contributed by atoms with Gasteiger partial charge in [0.2, 0.25) is 0 Å². The lowest BCUT2D eigenvalue weighted by molar-refractivity contribution is 0.414. The molecule has 1 heterocycles. The zero-order valence-electron chi connectivity index (χ0n) is 8.07. The number of furan rings is 1. The quantitative estimate of drug-likeness (QED) is 0.739. The number of methoxy groups -OCH3 is 1. The second kappa shape index (κ2) is 4.01. The van der Waals surface area contributed by atoms with E-state index in [4.69, 9.17) is 9.15 Å². The molecule has 2 aromatic rings. The first-order chi connectivity index (χ1) is 6.88. The minimum absolute atomic E-state index is 0.890. The summed E-state index contributed by atoms with van der Waals surface area (Å²) in [7, 11) is 1.67. The third kappa shape index (κ3) is 1.96. The number of hydrogen-bond acceptors (Lipinski definition) is 2. The molecule has 2 heteroatoms. The fourth-order valence-corrected chi connectivity index (χ4v) is 1.37. The zero-order chi connectivity index (χ0) is 9.80. The van der Waals surface area contributed by atoms with Crippen LogP contribution in [-0.2, 0) is 6.42 Å². The van der Waals surface area contributed by atoms with Crippen molar-refractivity contribution in [3.63, 3.8) is 0 Å². The molecule has 0 aliphatic carbocycles. The first-order valence-electron chi connectivity index (χ1n) is 4.52. The average molecular weight is 188 g/mol. The van der Waals surface area contributed by atoms with Gasteiger partial charge in [0.05, 0.1) is 19.6 Å². The lowest BCUT2D eigenvalue weighted by atomic mass is 10.1. The molecule has 0 amide bonds. The molecule has 0 aliphatic rings. The van der Waals surface area contributed by atoms with Crippen LogP contribution in [0.25, 0.3) is 0 Å². The fourth-order valence-electron chi connectivity index (χ4n) is 1.37. The van der Waals surface area contributed by atoms with Crippen molar-refractivity contribution in [1.82, 2.24) is 0 Å². The van der Waals surface area contributed by atoms with Gasteiger partial charge >= 0.3 is 0 Å². The molecule has 0 radical (unpaired) electrons. The highest BCUT2D eigenvalue weighted by atomic mass is 16.5. The van der Waals surface area contributed by atoms with Gasteiger partial charge in [0.25, 0.3) is 0 Å². The number of hydrogen-bond donors (Lipinski definition) is 0. The normalized spacial score (nSPS) is 10.1. The Morgan fingerprint density at radius 1 is 1.07 bits per heavy atom. The van der Waals surface area contributed by atoms with Crippen molar-refractivity contribution in [3.05, 3.63) is 54.0 Å². The summed E-state index contributed by atoms with van der Waals surface area (Å²) in [6, 6.07) is 10.0. The SMILES string of the molecule is COc1ccc(Cc2ccoc2)cc1. The molecule has 0 bridgehead atoms. The van der Waals surface area contributed by atoms with Gasteiger partial charge in [0.15, 0.2) is 0 Å². The Morgan fingerprint density at radius 3 is 2.43 bits per heavy atom. The molecule has 0 spiro atoms. The molecule has 1 aromatic carbocycles. The standard InChI is InChI=1S/C12H12O2/c1-13-12-4-2-10(3-5-12)8-11-6-7-14-9-11/h2-7,9H,8H2,1H3. The largest absolute Gasteiger partial charge is 0.497 e. The molecule has 0 saturated carbocycles. The van der Waals surface area contributed by atoms with E-state index in [2.05, 4.69) is 12.1 Å². The van der Waals surface area contributed by atoms with E-state index in [-0.39, 0.29) is 0 Å². The molecule has 72 valence electrons. The van der Waals surface area contributed by atoms with Crippen molar-refractivity contribution in [1.29, 1.82) is 0 Å². The zero-order valence-corrected chi connectivity index (χ0v) is 8.07. The molecule has 0 unspecified atom stereocenters. The Kier molecular flexibility index (Phi) is 2.54. The third-order valence-corrected chi connectivity index (χ3v) is 2.15. The van der Waals surface area contributed by atoms with E-state index in [0.29, 0.717) is 0 Å². The van der Waals surface area contributed by atoms with Crippen molar-refractivity contribution < 1.29 is 9.15 Å². The minimum Gasteiger partial charge on any atom is -0.497 e. The second-order valence-electron chi connectivity index (χ2n) is 3.16. The van der Waals surface area contributed by atoms with Gasteiger partial charge < -0.3 is 9.15 Å². The van der Waals surface area contributed by atoms with Crippen molar-refractivity contribution in [2.24, 2.45) is 0 Å².